The molecule has 0 aliphatic carbocycles. The number of aromatic nitrogens is 1. The zero-order valence-electron chi connectivity index (χ0n) is 9.77. The van der Waals surface area contributed by atoms with Gasteiger partial charge in [-0.05, 0) is 36.2 Å². The molecule has 1 aromatic heterocycles. The summed E-state index contributed by atoms with van der Waals surface area (Å²) < 4.78 is 0. The van der Waals surface area contributed by atoms with E-state index in [1.54, 1.807) is 26.0 Å². The van der Waals surface area contributed by atoms with E-state index >= 15 is 0 Å². The van der Waals surface area contributed by atoms with Crippen LogP contribution in [0.2, 0.25) is 0 Å². The van der Waals surface area contributed by atoms with Gasteiger partial charge in [0, 0.05) is 0 Å². The summed E-state index contributed by atoms with van der Waals surface area (Å²) >= 11 is 0. The first-order chi connectivity index (χ1) is 8.45. The number of rotatable bonds is 1. The van der Waals surface area contributed by atoms with Gasteiger partial charge in [0.1, 0.15) is 0 Å². The van der Waals surface area contributed by atoms with Gasteiger partial charge < -0.3 is 10.1 Å². The summed E-state index contributed by atoms with van der Waals surface area (Å²) in [5.74, 6) is -0.923. The van der Waals surface area contributed by atoms with Crippen molar-refractivity contribution in [1.82, 2.24) is 4.98 Å². The van der Waals surface area contributed by atoms with Crippen molar-refractivity contribution in [2.75, 3.05) is 0 Å². The van der Waals surface area contributed by atoms with Gasteiger partial charge in [0.2, 0.25) is 11.1 Å². The van der Waals surface area contributed by atoms with Crippen molar-refractivity contribution in [3.05, 3.63) is 48.7 Å². The first-order valence-corrected chi connectivity index (χ1v) is 5.19. The summed E-state index contributed by atoms with van der Waals surface area (Å²) in [5.41, 5.74) is -0.744. The number of aromatic hydroxyl groups is 1. The number of aryl methyl sites for hydroxylation is 2. The highest BCUT2D eigenvalue weighted by Gasteiger charge is 2.14. The predicted octanol–water partition coefficient (Wildman–Crippen LogP) is 1.61. The van der Waals surface area contributed by atoms with E-state index in [0.717, 1.165) is 5.56 Å². The molecule has 1 aromatic carbocycles. The van der Waals surface area contributed by atoms with Crippen LogP contribution in [0.4, 0.5) is 5.69 Å². The summed E-state index contributed by atoms with van der Waals surface area (Å²) in [6.07, 6.45) is 0. The monoisotopic (exact) mass is 246 g/mol. The fourth-order valence-electron chi connectivity index (χ4n) is 1.97. The van der Waals surface area contributed by atoms with E-state index in [9.17, 15) is 19.6 Å². The Morgan fingerprint density at radius 3 is 2.50 bits per heavy atom. The number of fused-ring (bicyclic) bond motifs is 1. The number of hydrogen-bond acceptors (Lipinski definition) is 5. The Bertz CT molecular complexity index is 777. The van der Waals surface area contributed by atoms with Gasteiger partial charge in [-0.15, -0.1) is 4.91 Å². The average Bonchev–Trinajstić information content (AvgIpc) is 2.35. The minimum absolute atomic E-state index is 0.171. The number of nitrogens with zero attached hydrogens (tertiary/aromatic N) is 1. The number of H-pyrrole nitrogens is 1. The highest BCUT2D eigenvalue weighted by molar-refractivity contribution is 5.84. The maximum Gasteiger partial charge on any atom is 0.281 e. The third-order valence-electron chi connectivity index (χ3n) is 2.70. The Morgan fingerprint density at radius 1 is 1.22 bits per heavy atom. The van der Waals surface area contributed by atoms with E-state index in [0.29, 0.717) is 5.56 Å². The van der Waals surface area contributed by atoms with Crippen LogP contribution in [0.5, 0.6) is 5.75 Å². The molecule has 2 rings (SSSR count). The van der Waals surface area contributed by atoms with E-state index in [4.69, 9.17) is 0 Å². The van der Waals surface area contributed by atoms with Crippen LogP contribution in [0.25, 0.3) is 10.9 Å². The zero-order chi connectivity index (χ0) is 13.4. The minimum Gasteiger partial charge on any atom is -0.502 e. The number of hydrogen-bond donors (Lipinski definition) is 2. The van der Waals surface area contributed by atoms with Crippen molar-refractivity contribution in [2.24, 2.45) is 5.18 Å². The van der Waals surface area contributed by atoms with Crippen LogP contribution in [0.3, 0.4) is 0 Å². The lowest BCUT2D eigenvalue weighted by molar-refractivity contribution is 0.472. The molecule has 6 nitrogen and oxygen atoms in total. The largest absolute Gasteiger partial charge is 0.502 e. The molecular weight excluding hydrogens is 236 g/mol. The normalized spacial score (nSPS) is 10.6. The lowest BCUT2D eigenvalue weighted by atomic mass is 10.1. The molecule has 0 unspecified atom stereocenters. The molecule has 0 atom stereocenters. The van der Waals surface area contributed by atoms with E-state index in [1.807, 2.05) is 0 Å². The van der Waals surface area contributed by atoms with Crippen molar-refractivity contribution in [1.29, 1.82) is 0 Å². The van der Waals surface area contributed by atoms with Crippen molar-refractivity contribution in [2.45, 2.75) is 13.8 Å². The number of nitrogens with one attached hydrogen (secondary N) is 1. The van der Waals surface area contributed by atoms with Crippen LogP contribution in [-0.2, 0) is 0 Å². The van der Waals surface area contributed by atoms with Gasteiger partial charge in [-0.2, -0.15) is 0 Å². The maximum atomic E-state index is 12.0. The van der Waals surface area contributed by atoms with E-state index in [-0.39, 0.29) is 10.9 Å². The number of aromatic amines is 1. The molecule has 0 fully saturated rings. The molecule has 18 heavy (non-hydrogen) atoms. The summed E-state index contributed by atoms with van der Waals surface area (Å²) in [7, 11) is 0. The van der Waals surface area contributed by atoms with Crippen LogP contribution in [-0.4, -0.2) is 10.1 Å². The Kier molecular flexibility index (Phi) is 2.70. The molecular formula is C12H10N2O4. The van der Waals surface area contributed by atoms with Gasteiger partial charge >= 0.3 is 0 Å². The van der Waals surface area contributed by atoms with Crippen molar-refractivity contribution < 1.29 is 5.11 Å². The number of nitroso groups, excluding NO2 is 1. The fraction of sp³-hybridized carbons (Fsp3) is 0.167. The molecule has 0 amide bonds. The molecule has 2 aromatic rings. The lowest BCUT2D eigenvalue weighted by Gasteiger charge is -1.99. The second-order valence-corrected chi connectivity index (χ2v) is 4.08. The Morgan fingerprint density at radius 2 is 1.89 bits per heavy atom. The molecule has 0 saturated carbocycles. The second kappa shape index (κ2) is 4.06. The van der Waals surface area contributed by atoms with Crippen LogP contribution in [0.1, 0.15) is 11.1 Å². The molecule has 0 aliphatic heterocycles. The lowest BCUT2D eigenvalue weighted by Crippen LogP contribution is -2.01. The second-order valence-electron chi connectivity index (χ2n) is 4.08. The van der Waals surface area contributed by atoms with Gasteiger partial charge in [0.25, 0.3) is 5.56 Å². The van der Waals surface area contributed by atoms with Crippen molar-refractivity contribution in [3.63, 3.8) is 0 Å². The first kappa shape index (κ1) is 12.0. The van der Waals surface area contributed by atoms with Gasteiger partial charge in [0.15, 0.2) is 5.75 Å². The molecule has 2 N–H and O–H groups in total. The number of benzene rings is 1. The molecule has 1 heterocycles. The molecule has 0 bridgehead atoms. The van der Waals surface area contributed by atoms with Crippen LogP contribution >= 0.6 is 0 Å². The van der Waals surface area contributed by atoms with Crippen LogP contribution in [0, 0.1) is 18.8 Å². The first-order valence-electron chi connectivity index (χ1n) is 5.19. The topological polar surface area (TPSA) is 99.6 Å². The maximum absolute atomic E-state index is 12.0. The molecule has 0 aliphatic rings. The van der Waals surface area contributed by atoms with Crippen LogP contribution < -0.4 is 11.0 Å². The summed E-state index contributed by atoms with van der Waals surface area (Å²) in [5, 5.41) is 12.2. The standard InChI is InChI=1S/C12H10N2O4/c1-5-3-6(2)8-7(4-5)13-12(17)9(14-18)11(16)10(8)15/h3-4H,1-2H3,(H,13,17)(H,15,16). The van der Waals surface area contributed by atoms with Gasteiger partial charge in [0.05, 0.1) is 10.9 Å². The third kappa shape index (κ3) is 1.67. The average molecular weight is 246 g/mol. The molecule has 0 saturated heterocycles. The molecule has 0 spiro atoms. The Balaban J connectivity index is 3.23. The SMILES string of the molecule is Cc1cc(C)c2c(=O)c(O)c(N=O)c(=O)[nH]c2c1. The van der Waals surface area contributed by atoms with E-state index in [1.165, 1.54) is 0 Å². The van der Waals surface area contributed by atoms with Gasteiger partial charge in [-0.25, -0.2) is 0 Å². The van der Waals surface area contributed by atoms with E-state index in [2.05, 4.69) is 10.2 Å². The summed E-state index contributed by atoms with van der Waals surface area (Å²) in [4.78, 5) is 36.5. The Labute approximate surface area is 101 Å². The molecule has 6 heteroatoms. The highest BCUT2D eigenvalue weighted by atomic mass is 16.3. The van der Waals surface area contributed by atoms with Crippen LogP contribution in [0.15, 0.2) is 26.9 Å². The fourth-order valence-corrected chi connectivity index (χ4v) is 1.97. The summed E-state index contributed by atoms with van der Waals surface area (Å²) in [6, 6.07) is 3.34. The van der Waals surface area contributed by atoms with Gasteiger partial charge in [-0.1, -0.05) is 6.07 Å². The third-order valence-corrected chi connectivity index (χ3v) is 2.70. The van der Waals surface area contributed by atoms with Crippen molar-refractivity contribution in [3.8, 4) is 5.75 Å². The summed E-state index contributed by atoms with van der Waals surface area (Å²) in [6.45, 7) is 3.49. The molecule has 92 valence electrons. The van der Waals surface area contributed by atoms with E-state index < -0.39 is 22.4 Å². The van der Waals surface area contributed by atoms with Crippen molar-refractivity contribution >= 4 is 16.6 Å². The zero-order valence-corrected chi connectivity index (χ0v) is 9.77. The predicted molar refractivity (Wildman–Crippen MR) is 67.4 cm³/mol. The minimum atomic E-state index is -0.923. The Hall–Kier alpha value is -2.50. The molecule has 0 radical (unpaired) electrons. The smallest absolute Gasteiger partial charge is 0.281 e. The van der Waals surface area contributed by atoms with Gasteiger partial charge in [-0.3, -0.25) is 9.59 Å². The highest BCUT2D eigenvalue weighted by Crippen LogP contribution is 2.20. The quantitative estimate of drug-likeness (QED) is 0.746.